The minimum Gasteiger partial charge on any atom is -0.481 e. The van der Waals surface area contributed by atoms with Gasteiger partial charge < -0.3 is 21.1 Å². The highest BCUT2D eigenvalue weighted by molar-refractivity contribution is 5.89. The number of carboxylic acids is 1. The number of aromatic nitrogens is 1. The molecule has 8 heteroatoms. The molecule has 4 N–H and O–H groups in total. The molecular formula is C30H36N4O4. The highest BCUT2D eigenvalue weighted by Gasteiger charge is 2.34. The van der Waals surface area contributed by atoms with Crippen molar-refractivity contribution in [3.63, 3.8) is 0 Å². The number of rotatable bonds is 12. The second kappa shape index (κ2) is 13.4. The Kier molecular flexibility index (Phi) is 9.99. The summed E-state index contributed by atoms with van der Waals surface area (Å²) in [6.07, 6.45) is 2.22. The summed E-state index contributed by atoms with van der Waals surface area (Å²) in [5, 5.41) is 18.4. The molecule has 0 fully saturated rings. The largest absolute Gasteiger partial charge is 0.481 e. The van der Waals surface area contributed by atoms with Crippen molar-refractivity contribution in [1.82, 2.24) is 15.6 Å². The van der Waals surface area contributed by atoms with E-state index in [1.165, 1.54) is 0 Å². The van der Waals surface area contributed by atoms with Crippen LogP contribution in [0.5, 0.6) is 0 Å². The molecule has 1 unspecified atom stereocenters. The number of carboxylic acid groups (broad SMARTS) is 1. The first-order valence-electron chi connectivity index (χ1n) is 12.8. The Morgan fingerprint density at radius 3 is 2.13 bits per heavy atom. The Morgan fingerprint density at radius 2 is 1.53 bits per heavy atom. The number of nitrogens with zero attached hydrogens (tertiary/aromatic N) is 1. The van der Waals surface area contributed by atoms with E-state index >= 15 is 0 Å². The molecule has 3 aromatic rings. The van der Waals surface area contributed by atoms with Crippen molar-refractivity contribution in [1.29, 1.82) is 0 Å². The number of hydrogen-bond acceptors (Lipinski definition) is 5. The molecular weight excluding hydrogens is 480 g/mol. The lowest BCUT2D eigenvalue weighted by molar-refractivity contribution is -0.138. The van der Waals surface area contributed by atoms with Crippen LogP contribution in [0, 0.1) is 5.41 Å². The third-order valence-corrected chi connectivity index (χ3v) is 6.10. The number of anilines is 1. The molecule has 3 rings (SSSR count). The summed E-state index contributed by atoms with van der Waals surface area (Å²) in [5.41, 5.74) is 2.13. The third-order valence-electron chi connectivity index (χ3n) is 6.10. The topological polar surface area (TPSA) is 120 Å². The van der Waals surface area contributed by atoms with E-state index in [4.69, 9.17) is 0 Å². The number of amides is 2. The summed E-state index contributed by atoms with van der Waals surface area (Å²) in [6.45, 7) is 6.15. The van der Waals surface area contributed by atoms with E-state index < -0.39 is 29.4 Å². The van der Waals surface area contributed by atoms with Crippen molar-refractivity contribution in [2.45, 2.75) is 52.1 Å². The zero-order valence-corrected chi connectivity index (χ0v) is 22.1. The molecule has 1 aromatic heterocycles. The Labute approximate surface area is 223 Å². The zero-order valence-electron chi connectivity index (χ0n) is 22.1. The highest BCUT2D eigenvalue weighted by Crippen LogP contribution is 2.25. The SMILES string of the molecule is CC(C)(C)[C@H](NC(=O)CCCNc1ccccn1)C(=O)NC(CC(=O)O)c1ccc(-c2ccccc2)cc1. The van der Waals surface area contributed by atoms with Crippen LogP contribution >= 0.6 is 0 Å². The molecule has 38 heavy (non-hydrogen) atoms. The van der Waals surface area contributed by atoms with E-state index in [-0.39, 0.29) is 18.7 Å². The Balaban J connectivity index is 1.64. The van der Waals surface area contributed by atoms with Gasteiger partial charge in [-0.2, -0.15) is 0 Å². The smallest absolute Gasteiger partial charge is 0.305 e. The first-order valence-corrected chi connectivity index (χ1v) is 12.8. The van der Waals surface area contributed by atoms with Crippen LogP contribution in [0.1, 0.15) is 51.6 Å². The van der Waals surface area contributed by atoms with Gasteiger partial charge in [0, 0.05) is 19.2 Å². The Morgan fingerprint density at radius 1 is 0.868 bits per heavy atom. The van der Waals surface area contributed by atoms with Crippen LogP contribution in [0.3, 0.4) is 0 Å². The van der Waals surface area contributed by atoms with E-state index in [2.05, 4.69) is 20.9 Å². The number of hydrogen-bond donors (Lipinski definition) is 4. The minimum absolute atomic E-state index is 0.235. The van der Waals surface area contributed by atoms with Crippen LogP contribution in [0.4, 0.5) is 5.82 Å². The van der Waals surface area contributed by atoms with Gasteiger partial charge in [-0.25, -0.2) is 4.98 Å². The van der Waals surface area contributed by atoms with Crippen LogP contribution in [-0.4, -0.2) is 40.5 Å². The van der Waals surface area contributed by atoms with Gasteiger partial charge in [0.1, 0.15) is 11.9 Å². The predicted molar refractivity (Wildman–Crippen MR) is 148 cm³/mol. The van der Waals surface area contributed by atoms with E-state index in [0.717, 1.165) is 16.9 Å². The lowest BCUT2D eigenvalue weighted by atomic mass is 9.85. The van der Waals surface area contributed by atoms with Gasteiger partial charge in [-0.3, -0.25) is 14.4 Å². The molecule has 200 valence electrons. The molecule has 2 aromatic carbocycles. The first-order chi connectivity index (χ1) is 18.1. The minimum atomic E-state index is -1.03. The van der Waals surface area contributed by atoms with Crippen LogP contribution in [-0.2, 0) is 14.4 Å². The van der Waals surface area contributed by atoms with E-state index in [0.29, 0.717) is 18.5 Å². The maximum Gasteiger partial charge on any atom is 0.305 e. The van der Waals surface area contributed by atoms with Crippen LogP contribution in [0.25, 0.3) is 11.1 Å². The van der Waals surface area contributed by atoms with Gasteiger partial charge >= 0.3 is 5.97 Å². The number of carbonyl (C=O) groups is 3. The molecule has 0 saturated carbocycles. The average molecular weight is 517 g/mol. The van der Waals surface area contributed by atoms with Crippen molar-refractivity contribution < 1.29 is 19.5 Å². The second-order valence-corrected chi connectivity index (χ2v) is 10.3. The van der Waals surface area contributed by atoms with Crippen LogP contribution in [0.2, 0.25) is 0 Å². The van der Waals surface area contributed by atoms with Gasteiger partial charge in [0.15, 0.2) is 0 Å². The molecule has 2 atom stereocenters. The monoisotopic (exact) mass is 516 g/mol. The third kappa shape index (κ3) is 8.73. The predicted octanol–water partition coefficient (Wildman–Crippen LogP) is 4.80. The summed E-state index contributed by atoms with van der Waals surface area (Å²) < 4.78 is 0. The summed E-state index contributed by atoms with van der Waals surface area (Å²) >= 11 is 0. The lowest BCUT2D eigenvalue weighted by Gasteiger charge is -2.32. The van der Waals surface area contributed by atoms with Crippen molar-refractivity contribution in [3.05, 3.63) is 84.6 Å². The molecule has 0 aliphatic heterocycles. The average Bonchev–Trinajstić information content (AvgIpc) is 2.89. The zero-order chi connectivity index (χ0) is 27.5. The van der Waals surface area contributed by atoms with E-state index in [9.17, 15) is 19.5 Å². The molecule has 1 heterocycles. The van der Waals surface area contributed by atoms with Crippen molar-refractivity contribution in [2.75, 3.05) is 11.9 Å². The summed E-state index contributed by atoms with van der Waals surface area (Å²) in [4.78, 5) is 41.8. The second-order valence-electron chi connectivity index (χ2n) is 10.3. The summed E-state index contributed by atoms with van der Waals surface area (Å²) in [6, 6.07) is 21.3. The number of nitrogens with one attached hydrogen (secondary N) is 3. The Bertz CT molecular complexity index is 1190. The van der Waals surface area contributed by atoms with E-state index in [1.807, 2.05) is 93.6 Å². The molecule has 8 nitrogen and oxygen atoms in total. The molecule has 0 saturated heterocycles. The lowest BCUT2D eigenvalue weighted by Crippen LogP contribution is -2.54. The molecule has 0 bridgehead atoms. The van der Waals surface area contributed by atoms with Crippen LogP contribution < -0.4 is 16.0 Å². The van der Waals surface area contributed by atoms with Crippen molar-refractivity contribution >= 4 is 23.6 Å². The maximum atomic E-state index is 13.4. The normalized spacial score (nSPS) is 12.7. The van der Waals surface area contributed by atoms with Gasteiger partial charge in [-0.1, -0.05) is 81.4 Å². The summed E-state index contributed by atoms with van der Waals surface area (Å²) in [5.74, 6) is -0.957. The molecule has 0 aliphatic carbocycles. The Hall–Kier alpha value is -4.20. The van der Waals surface area contributed by atoms with Crippen molar-refractivity contribution in [2.24, 2.45) is 5.41 Å². The molecule has 2 amide bonds. The number of aliphatic carboxylic acids is 1. The van der Waals surface area contributed by atoms with Gasteiger partial charge in [-0.15, -0.1) is 0 Å². The maximum absolute atomic E-state index is 13.4. The fourth-order valence-electron chi connectivity index (χ4n) is 4.06. The fourth-order valence-corrected chi connectivity index (χ4v) is 4.06. The highest BCUT2D eigenvalue weighted by atomic mass is 16.4. The van der Waals surface area contributed by atoms with Crippen molar-refractivity contribution in [3.8, 4) is 11.1 Å². The molecule has 0 spiro atoms. The van der Waals surface area contributed by atoms with Gasteiger partial charge in [0.05, 0.1) is 12.5 Å². The fraction of sp³-hybridized carbons (Fsp3) is 0.333. The van der Waals surface area contributed by atoms with Gasteiger partial charge in [0.2, 0.25) is 11.8 Å². The number of benzene rings is 2. The quantitative estimate of drug-likeness (QED) is 0.257. The number of carbonyl (C=O) groups excluding carboxylic acids is 2. The summed E-state index contributed by atoms with van der Waals surface area (Å²) in [7, 11) is 0. The van der Waals surface area contributed by atoms with Crippen LogP contribution in [0.15, 0.2) is 79.0 Å². The van der Waals surface area contributed by atoms with Gasteiger partial charge in [-0.05, 0) is 40.7 Å². The first kappa shape index (κ1) is 28.4. The van der Waals surface area contributed by atoms with E-state index in [1.54, 1.807) is 6.20 Å². The van der Waals surface area contributed by atoms with Gasteiger partial charge in [0.25, 0.3) is 0 Å². The molecule has 0 aliphatic rings. The molecule has 0 radical (unpaired) electrons. The standard InChI is InChI=1S/C30H36N4O4/c1-30(2,3)28(34-26(35)13-9-19-32-25-12-7-8-18-31-25)29(38)33-24(20-27(36)37)23-16-14-22(15-17-23)21-10-5-4-6-11-21/h4-8,10-12,14-18,24,28H,9,13,19-20H2,1-3H3,(H,31,32)(H,33,38)(H,34,35)(H,36,37)/t24?,28-/m1/s1. The number of pyridine rings is 1.